The number of amides is 1. The molecule has 0 unspecified atom stereocenters. The molecule has 1 fully saturated rings. The van der Waals surface area contributed by atoms with Crippen molar-refractivity contribution in [2.75, 3.05) is 23.3 Å². The number of nitrogens with one attached hydrogen (secondary N) is 2. The van der Waals surface area contributed by atoms with Gasteiger partial charge in [0.05, 0.1) is 23.8 Å². The van der Waals surface area contributed by atoms with E-state index in [2.05, 4.69) is 25.5 Å². The number of nitrogens with zero attached hydrogens (tertiary/aromatic N) is 5. The topological polar surface area (TPSA) is 137 Å². The molecular formula is C18H17FN8O. The number of rotatable bonds is 4. The van der Waals surface area contributed by atoms with Gasteiger partial charge in [0.2, 0.25) is 0 Å². The van der Waals surface area contributed by atoms with Gasteiger partial charge in [0.1, 0.15) is 17.9 Å². The molecule has 28 heavy (non-hydrogen) atoms. The van der Waals surface area contributed by atoms with Crippen LogP contribution in [0.2, 0.25) is 0 Å². The van der Waals surface area contributed by atoms with Crippen LogP contribution in [-0.4, -0.2) is 51.4 Å². The zero-order valence-corrected chi connectivity index (χ0v) is 14.8. The van der Waals surface area contributed by atoms with Crippen molar-refractivity contribution in [3.8, 4) is 6.07 Å². The maximum atomic E-state index is 14.9. The van der Waals surface area contributed by atoms with Crippen LogP contribution in [0.15, 0.2) is 30.6 Å². The number of aromatic amines is 1. The van der Waals surface area contributed by atoms with E-state index >= 15 is 0 Å². The lowest BCUT2D eigenvalue weighted by atomic mass is 10.0. The van der Waals surface area contributed by atoms with Crippen molar-refractivity contribution in [1.82, 2.24) is 20.2 Å². The van der Waals surface area contributed by atoms with Gasteiger partial charge in [-0.2, -0.15) is 5.26 Å². The molecule has 9 nitrogen and oxygen atoms in total. The number of primary amides is 1. The molecule has 4 heterocycles. The average Bonchev–Trinajstić information content (AvgIpc) is 3.18. The molecule has 10 heteroatoms. The van der Waals surface area contributed by atoms with Crippen LogP contribution in [0.1, 0.15) is 22.5 Å². The molecule has 1 saturated heterocycles. The third kappa shape index (κ3) is 3.18. The Morgan fingerprint density at radius 1 is 1.39 bits per heavy atom. The number of hydrogen-bond donors (Lipinski definition) is 3. The van der Waals surface area contributed by atoms with Crippen molar-refractivity contribution in [3.05, 3.63) is 41.9 Å². The molecule has 0 aliphatic carbocycles. The van der Waals surface area contributed by atoms with Crippen LogP contribution < -0.4 is 16.0 Å². The first-order valence-electron chi connectivity index (χ1n) is 8.72. The molecule has 3 aromatic rings. The van der Waals surface area contributed by atoms with Crippen molar-refractivity contribution < 1.29 is 9.18 Å². The van der Waals surface area contributed by atoms with Gasteiger partial charge in [0, 0.05) is 24.3 Å². The Balaban J connectivity index is 1.54. The fraction of sp³-hybridized carbons (Fsp3) is 0.278. The SMILES string of the molecule is N#Cc1ccc(N2CC[C@@H](Nc3c(C(N)=O)cnc4[nH]ccc34)[C@H](F)C2)nn1. The number of hydrogen-bond acceptors (Lipinski definition) is 7. The van der Waals surface area contributed by atoms with E-state index in [9.17, 15) is 9.18 Å². The highest BCUT2D eigenvalue weighted by Gasteiger charge is 2.31. The van der Waals surface area contributed by atoms with Crippen LogP contribution in [0.25, 0.3) is 11.0 Å². The smallest absolute Gasteiger partial charge is 0.252 e. The lowest BCUT2D eigenvalue weighted by Crippen LogP contribution is -2.48. The summed E-state index contributed by atoms with van der Waals surface area (Å²) in [5.41, 5.74) is 6.98. The lowest BCUT2D eigenvalue weighted by molar-refractivity contribution is 0.100. The van der Waals surface area contributed by atoms with Gasteiger partial charge >= 0.3 is 0 Å². The van der Waals surface area contributed by atoms with Crippen LogP contribution in [0.3, 0.4) is 0 Å². The summed E-state index contributed by atoms with van der Waals surface area (Å²) in [6, 6.07) is 6.39. The number of H-pyrrole nitrogens is 1. The van der Waals surface area contributed by atoms with Gasteiger partial charge in [-0.1, -0.05) is 0 Å². The number of piperidine rings is 1. The zero-order valence-electron chi connectivity index (χ0n) is 14.8. The third-order valence-corrected chi connectivity index (χ3v) is 4.81. The van der Waals surface area contributed by atoms with Gasteiger partial charge in [-0.15, -0.1) is 10.2 Å². The second kappa shape index (κ2) is 7.11. The molecule has 0 bridgehead atoms. The fourth-order valence-electron chi connectivity index (χ4n) is 3.36. The van der Waals surface area contributed by atoms with Crippen LogP contribution in [-0.2, 0) is 0 Å². The minimum absolute atomic E-state index is 0.117. The number of fused-ring (bicyclic) bond motifs is 1. The molecule has 1 amide bonds. The molecule has 0 saturated carbocycles. The third-order valence-electron chi connectivity index (χ3n) is 4.81. The fourth-order valence-corrected chi connectivity index (χ4v) is 3.36. The first kappa shape index (κ1) is 17.7. The van der Waals surface area contributed by atoms with Crippen LogP contribution in [0.5, 0.6) is 0 Å². The van der Waals surface area contributed by atoms with E-state index in [1.54, 1.807) is 29.3 Å². The van der Waals surface area contributed by atoms with Crippen molar-refractivity contribution in [2.24, 2.45) is 5.73 Å². The highest BCUT2D eigenvalue weighted by molar-refractivity contribution is 6.06. The summed E-state index contributed by atoms with van der Waals surface area (Å²) < 4.78 is 14.9. The van der Waals surface area contributed by atoms with Gasteiger partial charge in [-0.25, -0.2) is 9.37 Å². The molecule has 142 valence electrons. The Kier molecular flexibility index (Phi) is 4.49. The molecule has 4 rings (SSSR count). The predicted molar refractivity (Wildman–Crippen MR) is 100 cm³/mol. The number of nitrogens with two attached hydrogens (primary N) is 1. The second-order valence-electron chi connectivity index (χ2n) is 6.54. The lowest BCUT2D eigenvalue weighted by Gasteiger charge is -2.36. The molecule has 0 spiro atoms. The van der Waals surface area contributed by atoms with Crippen molar-refractivity contribution in [3.63, 3.8) is 0 Å². The van der Waals surface area contributed by atoms with Crippen molar-refractivity contribution >= 4 is 28.4 Å². The van der Waals surface area contributed by atoms with E-state index in [0.29, 0.717) is 35.5 Å². The largest absolute Gasteiger partial charge is 0.378 e. The van der Waals surface area contributed by atoms with Crippen molar-refractivity contribution in [1.29, 1.82) is 5.26 Å². The highest BCUT2D eigenvalue weighted by Crippen LogP contribution is 2.29. The van der Waals surface area contributed by atoms with Crippen LogP contribution in [0.4, 0.5) is 15.9 Å². The average molecular weight is 380 g/mol. The van der Waals surface area contributed by atoms with Crippen molar-refractivity contribution in [2.45, 2.75) is 18.6 Å². The summed E-state index contributed by atoms with van der Waals surface area (Å²) in [4.78, 5) is 20.7. The summed E-state index contributed by atoms with van der Waals surface area (Å²) in [6.07, 6.45) is 2.36. The van der Waals surface area contributed by atoms with Gasteiger partial charge < -0.3 is 20.9 Å². The Bertz CT molecular complexity index is 1060. The number of carbonyl (C=O) groups excluding carboxylic acids is 1. The zero-order chi connectivity index (χ0) is 19.7. The van der Waals surface area contributed by atoms with Gasteiger partial charge in [-0.05, 0) is 24.6 Å². The number of aromatic nitrogens is 4. The van der Waals surface area contributed by atoms with E-state index in [4.69, 9.17) is 11.0 Å². The molecule has 3 aromatic heterocycles. The number of carbonyl (C=O) groups is 1. The Hall–Kier alpha value is -3.74. The Morgan fingerprint density at radius 2 is 2.25 bits per heavy atom. The number of anilines is 2. The summed E-state index contributed by atoms with van der Waals surface area (Å²) in [7, 11) is 0. The van der Waals surface area contributed by atoms with Gasteiger partial charge in [-0.3, -0.25) is 4.79 Å². The van der Waals surface area contributed by atoms with Crippen LogP contribution >= 0.6 is 0 Å². The first-order valence-corrected chi connectivity index (χ1v) is 8.72. The standard InChI is InChI=1S/C18H17FN8O/c19-13-9-27(15-2-1-10(7-20)25-26-15)6-4-14(13)24-16-11-3-5-22-18(11)23-8-12(16)17(21)28/h1-3,5,8,13-14H,4,6,9H2,(H2,21,28)(H2,22,23,24)/t13-,14-/m1/s1. The molecule has 0 aromatic carbocycles. The molecular weight excluding hydrogens is 363 g/mol. The maximum absolute atomic E-state index is 14.9. The minimum Gasteiger partial charge on any atom is -0.378 e. The quantitative estimate of drug-likeness (QED) is 0.621. The summed E-state index contributed by atoms with van der Waals surface area (Å²) in [6.45, 7) is 0.664. The second-order valence-corrected chi connectivity index (χ2v) is 6.54. The van der Waals surface area contributed by atoms with E-state index < -0.39 is 18.1 Å². The van der Waals surface area contributed by atoms with E-state index in [1.807, 2.05) is 6.07 Å². The molecule has 1 aliphatic heterocycles. The molecule has 0 radical (unpaired) electrons. The number of halogens is 1. The number of nitriles is 1. The maximum Gasteiger partial charge on any atom is 0.252 e. The number of pyridine rings is 1. The normalized spacial score (nSPS) is 19.4. The molecule has 1 aliphatic rings. The minimum atomic E-state index is -1.21. The van der Waals surface area contributed by atoms with Crippen LogP contribution in [0, 0.1) is 11.3 Å². The summed E-state index contributed by atoms with van der Waals surface area (Å²) >= 11 is 0. The summed E-state index contributed by atoms with van der Waals surface area (Å²) in [5, 5.41) is 20.4. The monoisotopic (exact) mass is 380 g/mol. The van der Waals surface area contributed by atoms with Gasteiger partial charge in [0.25, 0.3) is 5.91 Å². The Morgan fingerprint density at radius 3 is 2.93 bits per heavy atom. The predicted octanol–water partition coefficient (Wildman–Crippen LogP) is 1.35. The first-order chi connectivity index (χ1) is 13.6. The van der Waals surface area contributed by atoms with E-state index in [1.165, 1.54) is 6.20 Å². The summed E-state index contributed by atoms with van der Waals surface area (Å²) in [5.74, 6) is -0.103. The van der Waals surface area contributed by atoms with E-state index in [0.717, 1.165) is 0 Å². The van der Waals surface area contributed by atoms with Gasteiger partial charge in [0.15, 0.2) is 11.5 Å². The Labute approximate surface area is 159 Å². The number of alkyl halides is 1. The molecule has 4 N–H and O–H groups in total. The van der Waals surface area contributed by atoms with E-state index in [-0.39, 0.29) is 17.8 Å². The highest BCUT2D eigenvalue weighted by atomic mass is 19.1. The molecule has 2 atom stereocenters.